The van der Waals surface area contributed by atoms with Crippen LogP contribution in [0.5, 0.6) is 5.75 Å². The van der Waals surface area contributed by atoms with Crippen LogP contribution in [-0.4, -0.2) is 48.2 Å². The second kappa shape index (κ2) is 7.08. The zero-order valence-corrected chi connectivity index (χ0v) is 12.3. The summed E-state index contributed by atoms with van der Waals surface area (Å²) in [6, 6.07) is 3.32. The highest BCUT2D eigenvalue weighted by Crippen LogP contribution is 2.04. The largest absolute Gasteiger partial charge is 0.484 e. The molecule has 114 valence electrons. The van der Waals surface area contributed by atoms with E-state index >= 15 is 0 Å². The molecule has 6 nitrogen and oxygen atoms in total. The maximum atomic E-state index is 12.2. The average molecular weight is 291 g/mol. The quantitative estimate of drug-likeness (QED) is 0.789. The van der Waals surface area contributed by atoms with Crippen LogP contribution in [0.15, 0.2) is 35.3 Å². The lowest BCUT2D eigenvalue weighted by molar-refractivity contribution is -0.132. The topological polar surface area (TPSA) is 63.6 Å². The monoisotopic (exact) mass is 291 g/mol. The Hall–Kier alpha value is -2.08. The number of amides is 1. The molecule has 0 aliphatic carbocycles. The van der Waals surface area contributed by atoms with Crippen LogP contribution in [0.1, 0.15) is 6.92 Å². The second-order valence-electron chi connectivity index (χ2n) is 5.18. The van der Waals surface area contributed by atoms with Crippen LogP contribution in [0.2, 0.25) is 0 Å². The molecule has 1 aliphatic rings. The minimum atomic E-state index is -0.290. The van der Waals surface area contributed by atoms with Crippen molar-refractivity contribution in [2.24, 2.45) is 0 Å². The molecule has 6 heteroatoms. The van der Waals surface area contributed by atoms with E-state index in [0.717, 1.165) is 18.7 Å². The molecule has 21 heavy (non-hydrogen) atoms. The molecule has 2 heterocycles. The standard InChI is InChI=1S/C15H21N3O3/c1-12(2)11-21-13-4-3-7-18(15(13)20)10-14(19)17-8-5-16-6-9-17/h3-4,7,16H,1,5-6,8-11H2,2H3. The van der Waals surface area contributed by atoms with Crippen LogP contribution in [0, 0.1) is 0 Å². The Balaban J connectivity index is 2.05. The number of carbonyl (C=O) groups excluding carboxylic acids is 1. The fourth-order valence-electron chi connectivity index (χ4n) is 2.11. The van der Waals surface area contributed by atoms with Gasteiger partial charge in [0, 0.05) is 32.4 Å². The Morgan fingerprint density at radius 3 is 2.81 bits per heavy atom. The zero-order chi connectivity index (χ0) is 15.2. The van der Waals surface area contributed by atoms with E-state index < -0.39 is 0 Å². The van der Waals surface area contributed by atoms with Gasteiger partial charge in [-0.25, -0.2) is 0 Å². The van der Waals surface area contributed by atoms with E-state index in [1.165, 1.54) is 4.57 Å². The van der Waals surface area contributed by atoms with Gasteiger partial charge in [-0.05, 0) is 24.6 Å². The molecule has 1 fully saturated rings. The molecule has 2 rings (SSSR count). The van der Waals surface area contributed by atoms with E-state index in [1.807, 2.05) is 6.92 Å². The van der Waals surface area contributed by atoms with Crippen molar-refractivity contribution in [3.8, 4) is 5.75 Å². The van der Waals surface area contributed by atoms with Crippen molar-refractivity contribution in [2.75, 3.05) is 32.8 Å². The van der Waals surface area contributed by atoms with E-state index in [0.29, 0.717) is 19.7 Å². The lowest BCUT2D eigenvalue weighted by Gasteiger charge is -2.27. The van der Waals surface area contributed by atoms with Gasteiger partial charge in [-0.3, -0.25) is 9.59 Å². The first-order valence-corrected chi connectivity index (χ1v) is 7.03. The molecule has 0 radical (unpaired) electrons. The van der Waals surface area contributed by atoms with Crippen molar-refractivity contribution in [3.05, 3.63) is 40.8 Å². The molecule has 0 atom stereocenters. The zero-order valence-electron chi connectivity index (χ0n) is 12.3. The summed E-state index contributed by atoms with van der Waals surface area (Å²) in [5.41, 5.74) is 0.545. The van der Waals surface area contributed by atoms with Gasteiger partial charge in [0.25, 0.3) is 5.56 Å². The molecule has 1 N–H and O–H groups in total. The summed E-state index contributed by atoms with van der Waals surface area (Å²) >= 11 is 0. The third kappa shape index (κ3) is 4.19. The number of hydrogen-bond acceptors (Lipinski definition) is 4. The van der Waals surface area contributed by atoms with Gasteiger partial charge in [0.05, 0.1) is 0 Å². The molecule has 0 saturated carbocycles. The highest BCUT2D eigenvalue weighted by molar-refractivity contribution is 5.76. The van der Waals surface area contributed by atoms with Gasteiger partial charge < -0.3 is 19.5 Å². The Labute approximate surface area is 124 Å². The van der Waals surface area contributed by atoms with Crippen LogP contribution in [0.3, 0.4) is 0 Å². The average Bonchev–Trinajstić information content (AvgIpc) is 2.49. The molecule has 1 saturated heterocycles. The predicted octanol–water partition coefficient (Wildman–Crippen LogP) is 0.235. The minimum Gasteiger partial charge on any atom is -0.484 e. The molecule has 0 bridgehead atoms. The molecule has 1 aliphatic heterocycles. The van der Waals surface area contributed by atoms with Crippen molar-refractivity contribution in [1.82, 2.24) is 14.8 Å². The molecule has 1 amide bonds. The second-order valence-corrected chi connectivity index (χ2v) is 5.18. The summed E-state index contributed by atoms with van der Waals surface area (Å²) in [5.74, 6) is 0.198. The van der Waals surface area contributed by atoms with Gasteiger partial charge in [0.15, 0.2) is 5.75 Å². The van der Waals surface area contributed by atoms with E-state index in [-0.39, 0.29) is 23.8 Å². The molecule has 0 aromatic carbocycles. The molecular weight excluding hydrogens is 270 g/mol. The lowest BCUT2D eigenvalue weighted by atomic mass is 10.3. The summed E-state index contributed by atoms with van der Waals surface area (Å²) in [7, 11) is 0. The summed E-state index contributed by atoms with van der Waals surface area (Å²) in [6.45, 7) is 8.85. The number of ether oxygens (including phenoxy) is 1. The van der Waals surface area contributed by atoms with E-state index in [2.05, 4.69) is 11.9 Å². The Morgan fingerprint density at radius 1 is 1.43 bits per heavy atom. The van der Waals surface area contributed by atoms with Gasteiger partial charge in [-0.15, -0.1) is 0 Å². The van der Waals surface area contributed by atoms with Crippen LogP contribution in [0.4, 0.5) is 0 Å². The maximum absolute atomic E-state index is 12.2. The van der Waals surface area contributed by atoms with E-state index in [4.69, 9.17) is 4.74 Å². The Bertz CT molecular complexity index is 574. The number of nitrogens with zero attached hydrogens (tertiary/aromatic N) is 2. The first kappa shape index (κ1) is 15.3. The molecule has 0 spiro atoms. The third-order valence-electron chi connectivity index (χ3n) is 3.23. The summed E-state index contributed by atoms with van der Waals surface area (Å²) in [6.07, 6.45) is 1.61. The SMILES string of the molecule is C=C(C)COc1cccn(CC(=O)N2CCNCC2)c1=O. The highest BCUT2D eigenvalue weighted by atomic mass is 16.5. The number of pyridine rings is 1. The predicted molar refractivity (Wildman–Crippen MR) is 80.5 cm³/mol. The van der Waals surface area contributed by atoms with E-state index in [9.17, 15) is 9.59 Å². The van der Waals surface area contributed by atoms with Gasteiger partial charge in [-0.2, -0.15) is 0 Å². The lowest BCUT2D eigenvalue weighted by Crippen LogP contribution is -2.48. The number of piperazine rings is 1. The Kier molecular flexibility index (Phi) is 5.16. The van der Waals surface area contributed by atoms with Crippen molar-refractivity contribution in [1.29, 1.82) is 0 Å². The van der Waals surface area contributed by atoms with Crippen molar-refractivity contribution in [3.63, 3.8) is 0 Å². The van der Waals surface area contributed by atoms with Crippen LogP contribution >= 0.6 is 0 Å². The minimum absolute atomic E-state index is 0.0447. The number of aromatic nitrogens is 1. The van der Waals surface area contributed by atoms with Crippen LogP contribution < -0.4 is 15.6 Å². The maximum Gasteiger partial charge on any atom is 0.293 e. The molecule has 1 aromatic rings. The molecule has 1 aromatic heterocycles. The van der Waals surface area contributed by atoms with E-state index in [1.54, 1.807) is 23.2 Å². The highest BCUT2D eigenvalue weighted by Gasteiger charge is 2.17. The van der Waals surface area contributed by atoms with Crippen molar-refractivity contribution < 1.29 is 9.53 Å². The first-order valence-electron chi connectivity index (χ1n) is 7.03. The fourth-order valence-corrected chi connectivity index (χ4v) is 2.11. The number of rotatable bonds is 5. The summed E-state index contributed by atoms with van der Waals surface area (Å²) < 4.78 is 6.79. The van der Waals surface area contributed by atoms with Gasteiger partial charge in [-0.1, -0.05) is 6.58 Å². The van der Waals surface area contributed by atoms with Gasteiger partial charge >= 0.3 is 0 Å². The fraction of sp³-hybridized carbons (Fsp3) is 0.467. The number of nitrogens with one attached hydrogen (secondary N) is 1. The van der Waals surface area contributed by atoms with Gasteiger partial charge in [0.1, 0.15) is 13.2 Å². The Morgan fingerprint density at radius 2 is 2.14 bits per heavy atom. The van der Waals surface area contributed by atoms with Crippen LogP contribution in [0.25, 0.3) is 0 Å². The third-order valence-corrected chi connectivity index (χ3v) is 3.23. The normalized spacial score (nSPS) is 14.8. The number of hydrogen-bond donors (Lipinski definition) is 1. The smallest absolute Gasteiger partial charge is 0.293 e. The van der Waals surface area contributed by atoms with Crippen LogP contribution in [-0.2, 0) is 11.3 Å². The molecular formula is C15H21N3O3. The van der Waals surface area contributed by atoms with Crippen molar-refractivity contribution in [2.45, 2.75) is 13.5 Å². The van der Waals surface area contributed by atoms with Crippen molar-refractivity contribution >= 4 is 5.91 Å². The number of carbonyl (C=O) groups is 1. The first-order chi connectivity index (χ1) is 10.1. The summed E-state index contributed by atoms with van der Waals surface area (Å²) in [4.78, 5) is 26.2. The molecule has 0 unspecified atom stereocenters. The summed E-state index contributed by atoms with van der Waals surface area (Å²) in [5, 5.41) is 3.19. The van der Waals surface area contributed by atoms with Gasteiger partial charge in [0.2, 0.25) is 5.91 Å².